The van der Waals surface area contributed by atoms with E-state index in [2.05, 4.69) is 20.3 Å². The Hall–Kier alpha value is -4.24. The first kappa shape index (κ1) is 38.1. The second-order valence-corrected chi connectivity index (χ2v) is 19.1. The van der Waals surface area contributed by atoms with Crippen LogP contribution in [0.5, 0.6) is 5.75 Å². The number of hydrogen-bond acceptors (Lipinski definition) is 10. The average Bonchev–Trinajstić information content (AvgIpc) is 4.00. The van der Waals surface area contributed by atoms with Crippen molar-refractivity contribution in [2.45, 2.75) is 139 Å². The number of hydrogen-bond donors (Lipinski definition) is 4. The van der Waals surface area contributed by atoms with E-state index in [1.54, 1.807) is 27.7 Å². The summed E-state index contributed by atoms with van der Waals surface area (Å²) in [5, 5.41) is 16.9. The molecule has 0 bridgehead atoms. The second-order valence-electron chi connectivity index (χ2n) is 16.9. The van der Waals surface area contributed by atoms with Gasteiger partial charge in [-0.25, -0.2) is 18.2 Å². The van der Waals surface area contributed by atoms with E-state index in [1.165, 1.54) is 4.90 Å². The minimum absolute atomic E-state index is 0.0111. The van der Waals surface area contributed by atoms with E-state index < -0.39 is 73.3 Å². The Morgan fingerprint density at radius 1 is 1.11 bits per heavy atom. The molecule has 1 saturated heterocycles. The summed E-state index contributed by atoms with van der Waals surface area (Å²) in [6.45, 7) is 6.38. The number of aromatic nitrogens is 1. The molecule has 4 N–H and O–H groups in total. The molecule has 1 aromatic heterocycles. The highest BCUT2D eigenvalue weighted by Crippen LogP contribution is 2.49. The number of rotatable bonds is 5. The third kappa shape index (κ3) is 7.28. The van der Waals surface area contributed by atoms with Gasteiger partial charge in [-0.3, -0.25) is 19.1 Å². The zero-order chi connectivity index (χ0) is 38.7. The zero-order valence-electron chi connectivity index (χ0n) is 31.4. The molecule has 4 amide bonds. The van der Waals surface area contributed by atoms with Crippen molar-refractivity contribution in [1.82, 2.24) is 25.2 Å². The Bertz CT molecular complexity index is 2010. The van der Waals surface area contributed by atoms with Gasteiger partial charge in [-0.15, -0.1) is 0 Å². The molecule has 5 atom stereocenters. The summed E-state index contributed by atoms with van der Waals surface area (Å²) in [5.74, 6) is -1.94. The number of ether oxygens (including phenoxy) is 2. The fourth-order valence-corrected chi connectivity index (χ4v) is 9.42. The number of nitrogens with one attached hydrogen (secondary N) is 3. The van der Waals surface area contributed by atoms with Gasteiger partial charge in [0.25, 0.3) is 5.91 Å². The number of aliphatic hydroxyl groups excluding tert-OH is 1. The maximum absolute atomic E-state index is 14.7. The van der Waals surface area contributed by atoms with Crippen LogP contribution in [0.25, 0.3) is 10.9 Å². The van der Waals surface area contributed by atoms with Crippen LogP contribution in [0, 0.1) is 5.92 Å². The normalized spacial score (nSPS) is 30.0. The number of sulfonamides is 1. The Labute approximate surface area is 315 Å². The summed E-state index contributed by atoms with van der Waals surface area (Å²) in [7, 11) is -4.00. The van der Waals surface area contributed by atoms with Crippen LogP contribution in [0.1, 0.15) is 103 Å². The number of aliphatic hydroxyl groups is 1. The molecule has 0 radical (unpaired) electrons. The van der Waals surface area contributed by atoms with Crippen LogP contribution in [-0.4, -0.2) is 87.3 Å². The standard InChI is InChI=1S/C39H51N5O9S/c1-36(2,3)53-35(49)41-28-15-9-7-5-6-8-12-24-20-39(24,34(48)43-54(50,51)37(4)18-19-37)42-32(46)30-21-38(23-44(30)33(28)47)17-16-26-25-13-10-11-14-27(25)40-29(22-45)31(26)52-38/h8,10-14,24,28,30,45H,5-7,9,15-23H2,1-4H3,(H,41,49)(H,42,46)(H,43,48)/b12-8-/t24?,28?,30-,38+,39+/m0/s1. The van der Waals surface area contributed by atoms with Gasteiger partial charge in [-0.05, 0) is 85.1 Å². The van der Waals surface area contributed by atoms with Crippen molar-refractivity contribution >= 4 is 44.7 Å². The minimum Gasteiger partial charge on any atom is -0.483 e. The molecular weight excluding hydrogens is 715 g/mol. The van der Waals surface area contributed by atoms with Crippen molar-refractivity contribution in [3.63, 3.8) is 0 Å². The third-order valence-electron chi connectivity index (χ3n) is 11.6. The predicted octanol–water partition coefficient (Wildman–Crippen LogP) is 3.68. The van der Waals surface area contributed by atoms with Gasteiger partial charge in [0.15, 0.2) is 0 Å². The highest BCUT2D eigenvalue weighted by Gasteiger charge is 2.64. The number of para-hydroxylation sites is 1. The summed E-state index contributed by atoms with van der Waals surface area (Å²) < 4.78 is 39.9. The highest BCUT2D eigenvalue weighted by molar-refractivity contribution is 7.91. The maximum Gasteiger partial charge on any atom is 0.408 e. The summed E-state index contributed by atoms with van der Waals surface area (Å²) in [6.07, 6.45) is 8.29. The topological polar surface area (TPSA) is 193 Å². The van der Waals surface area contributed by atoms with E-state index in [-0.39, 0.29) is 26.0 Å². The summed E-state index contributed by atoms with van der Waals surface area (Å²) in [6, 6.07) is 5.44. The molecule has 14 nitrogen and oxygen atoms in total. The Balaban J connectivity index is 1.24. The van der Waals surface area contributed by atoms with Crippen LogP contribution in [0.2, 0.25) is 0 Å². The number of carbonyl (C=O) groups excluding carboxylic acids is 4. The molecular formula is C39H51N5O9S. The van der Waals surface area contributed by atoms with Crippen molar-refractivity contribution < 1.29 is 42.2 Å². The van der Waals surface area contributed by atoms with Crippen LogP contribution in [0.15, 0.2) is 36.4 Å². The van der Waals surface area contributed by atoms with Crippen LogP contribution in [-0.2, 0) is 42.2 Å². The van der Waals surface area contributed by atoms with Crippen LogP contribution in [0.4, 0.5) is 4.79 Å². The van der Waals surface area contributed by atoms with E-state index in [0.717, 1.165) is 29.3 Å². The molecule has 1 aromatic carbocycles. The monoisotopic (exact) mass is 765 g/mol. The first-order valence-electron chi connectivity index (χ1n) is 19.0. The summed E-state index contributed by atoms with van der Waals surface area (Å²) in [5.41, 5.74) is -1.46. The van der Waals surface area contributed by atoms with Gasteiger partial charge >= 0.3 is 6.09 Å². The second kappa shape index (κ2) is 13.8. The first-order valence-corrected chi connectivity index (χ1v) is 20.5. The molecule has 2 saturated carbocycles. The van der Waals surface area contributed by atoms with Gasteiger partial charge in [0.2, 0.25) is 21.8 Å². The molecule has 2 aliphatic carbocycles. The van der Waals surface area contributed by atoms with E-state index in [1.807, 2.05) is 36.4 Å². The van der Waals surface area contributed by atoms with Crippen LogP contribution >= 0.6 is 0 Å². The molecule has 4 heterocycles. The number of alkyl carbamates (subject to hydrolysis) is 1. The number of fused-ring (bicyclic) bond motifs is 5. The van der Waals surface area contributed by atoms with Crippen LogP contribution < -0.4 is 20.1 Å². The Kier molecular flexibility index (Phi) is 9.73. The number of carbonyl (C=O) groups is 4. The number of nitrogens with zero attached hydrogens (tertiary/aromatic N) is 2. The molecule has 3 fully saturated rings. The molecule has 7 rings (SSSR count). The molecule has 292 valence electrons. The number of pyridine rings is 1. The smallest absolute Gasteiger partial charge is 0.408 e. The van der Waals surface area contributed by atoms with Crippen molar-refractivity contribution in [3.05, 3.63) is 47.7 Å². The van der Waals surface area contributed by atoms with E-state index >= 15 is 0 Å². The largest absolute Gasteiger partial charge is 0.483 e. The molecule has 54 heavy (non-hydrogen) atoms. The lowest BCUT2D eigenvalue weighted by molar-refractivity contribution is -0.141. The van der Waals surface area contributed by atoms with Crippen molar-refractivity contribution in [3.8, 4) is 5.75 Å². The van der Waals surface area contributed by atoms with Gasteiger partial charge in [-0.2, -0.15) is 0 Å². The zero-order valence-corrected chi connectivity index (χ0v) is 32.2. The highest BCUT2D eigenvalue weighted by atomic mass is 32.2. The quantitative estimate of drug-likeness (QED) is 0.327. The number of benzene rings is 1. The summed E-state index contributed by atoms with van der Waals surface area (Å²) >= 11 is 0. The number of aryl methyl sites for hydroxylation is 1. The van der Waals surface area contributed by atoms with Gasteiger partial charge in [-0.1, -0.05) is 43.2 Å². The van der Waals surface area contributed by atoms with Gasteiger partial charge in [0.1, 0.15) is 40.3 Å². The van der Waals surface area contributed by atoms with Crippen molar-refractivity contribution in [2.75, 3.05) is 6.54 Å². The van der Waals surface area contributed by atoms with Crippen molar-refractivity contribution in [1.29, 1.82) is 0 Å². The molecule has 2 aromatic rings. The van der Waals surface area contributed by atoms with E-state index in [9.17, 15) is 32.7 Å². The van der Waals surface area contributed by atoms with Crippen LogP contribution in [0.3, 0.4) is 0 Å². The van der Waals surface area contributed by atoms with Crippen molar-refractivity contribution in [2.24, 2.45) is 5.92 Å². The lowest BCUT2D eigenvalue weighted by atomic mass is 9.87. The first-order chi connectivity index (χ1) is 25.5. The summed E-state index contributed by atoms with van der Waals surface area (Å²) in [4.78, 5) is 62.4. The van der Waals surface area contributed by atoms with Gasteiger partial charge in [0, 0.05) is 23.3 Å². The number of allylic oxidation sites excluding steroid dienone is 1. The van der Waals surface area contributed by atoms with Gasteiger partial charge in [0.05, 0.1) is 23.4 Å². The molecule has 2 unspecified atom stereocenters. The third-order valence-corrected chi connectivity index (χ3v) is 13.8. The fraction of sp³-hybridized carbons (Fsp3) is 0.615. The SMILES string of the molecule is CC(C)(C)OC(=O)NC1CCCCC/C=C\C2C[C@@]2(C(=O)NS(=O)(=O)C2(C)CC2)NC(=O)[C@@H]2C[C@]3(CCc4c(c(CO)nc5ccccc45)O3)CN2C1=O. The van der Waals surface area contributed by atoms with E-state index in [0.29, 0.717) is 56.4 Å². The van der Waals surface area contributed by atoms with E-state index in [4.69, 9.17) is 9.47 Å². The molecule has 15 heteroatoms. The Morgan fingerprint density at radius 3 is 2.59 bits per heavy atom. The van der Waals surface area contributed by atoms with Gasteiger partial charge < -0.3 is 30.1 Å². The molecule has 1 spiro atoms. The average molecular weight is 766 g/mol. The fourth-order valence-electron chi connectivity index (χ4n) is 8.11. The lowest BCUT2D eigenvalue weighted by Gasteiger charge is -2.37. The number of amides is 4. The maximum atomic E-state index is 14.7. The Morgan fingerprint density at radius 2 is 1.87 bits per heavy atom. The predicted molar refractivity (Wildman–Crippen MR) is 199 cm³/mol. The lowest BCUT2D eigenvalue weighted by Crippen LogP contribution is -2.58. The minimum atomic E-state index is -4.00. The molecule has 5 aliphatic rings. The molecule has 3 aliphatic heterocycles.